The number of rotatable bonds is 2. The van der Waals surface area contributed by atoms with Crippen LogP contribution in [0.3, 0.4) is 0 Å². The monoisotopic (exact) mass is 162 g/mol. The standard InChI is InChI=1S/C6H8ClFN2/c1-4(9)6(8)3-10-5(2)7/h3H,1,9H2,2H3/b6-3+,10-5?. The summed E-state index contributed by atoms with van der Waals surface area (Å²) in [5, 5.41) is 0.247. The van der Waals surface area contributed by atoms with Gasteiger partial charge in [-0.05, 0) is 6.92 Å². The minimum absolute atomic E-state index is 0.151. The van der Waals surface area contributed by atoms with Gasteiger partial charge in [-0.3, -0.25) is 0 Å². The van der Waals surface area contributed by atoms with Crippen LogP contribution >= 0.6 is 11.6 Å². The molecule has 0 spiro atoms. The van der Waals surface area contributed by atoms with Crippen molar-refractivity contribution in [2.75, 3.05) is 0 Å². The Morgan fingerprint density at radius 2 is 2.30 bits per heavy atom. The third kappa shape index (κ3) is 4.09. The van der Waals surface area contributed by atoms with Gasteiger partial charge >= 0.3 is 0 Å². The highest BCUT2D eigenvalue weighted by atomic mass is 35.5. The SMILES string of the molecule is C=C(N)/C(F)=C\N=C(C)Cl. The van der Waals surface area contributed by atoms with E-state index in [1.807, 2.05) is 0 Å². The maximum absolute atomic E-state index is 12.4. The highest BCUT2D eigenvalue weighted by Gasteiger charge is 1.92. The van der Waals surface area contributed by atoms with E-state index in [2.05, 4.69) is 11.6 Å². The van der Waals surface area contributed by atoms with Gasteiger partial charge in [0.1, 0.15) is 5.17 Å². The molecule has 0 aliphatic heterocycles. The van der Waals surface area contributed by atoms with Gasteiger partial charge in [0.2, 0.25) is 0 Å². The molecule has 0 aliphatic carbocycles. The lowest BCUT2D eigenvalue weighted by Crippen LogP contribution is -1.93. The topological polar surface area (TPSA) is 38.4 Å². The van der Waals surface area contributed by atoms with Gasteiger partial charge in [0.15, 0.2) is 5.83 Å². The van der Waals surface area contributed by atoms with E-state index in [0.29, 0.717) is 0 Å². The molecule has 0 heterocycles. The van der Waals surface area contributed by atoms with Crippen LogP contribution in [0.4, 0.5) is 4.39 Å². The molecule has 0 unspecified atom stereocenters. The average Bonchev–Trinajstić information content (AvgIpc) is 1.82. The van der Waals surface area contributed by atoms with Crippen molar-refractivity contribution in [3.63, 3.8) is 0 Å². The molecule has 2 nitrogen and oxygen atoms in total. The van der Waals surface area contributed by atoms with Crippen molar-refractivity contribution in [2.45, 2.75) is 6.92 Å². The molecule has 2 N–H and O–H groups in total. The smallest absolute Gasteiger partial charge is 0.163 e. The third-order valence-corrected chi connectivity index (χ3v) is 0.760. The summed E-state index contributed by atoms with van der Waals surface area (Å²) in [5.74, 6) is -0.667. The second-order valence-corrected chi connectivity index (χ2v) is 2.18. The summed E-state index contributed by atoms with van der Waals surface area (Å²) >= 11 is 5.29. The third-order valence-electron chi connectivity index (χ3n) is 0.663. The van der Waals surface area contributed by atoms with Crippen molar-refractivity contribution < 1.29 is 4.39 Å². The molecule has 0 fully saturated rings. The van der Waals surface area contributed by atoms with Gasteiger partial charge in [0.05, 0.1) is 11.9 Å². The van der Waals surface area contributed by atoms with Crippen LogP contribution in [0.2, 0.25) is 0 Å². The van der Waals surface area contributed by atoms with Gasteiger partial charge in [0, 0.05) is 0 Å². The Hall–Kier alpha value is -0.830. The fraction of sp³-hybridized carbons (Fsp3) is 0.167. The van der Waals surface area contributed by atoms with Crippen LogP contribution in [0.15, 0.2) is 29.3 Å². The fourth-order valence-corrected chi connectivity index (χ4v) is 0.277. The van der Waals surface area contributed by atoms with Gasteiger partial charge in [-0.2, -0.15) is 0 Å². The van der Waals surface area contributed by atoms with E-state index in [1.54, 1.807) is 0 Å². The minimum atomic E-state index is -0.667. The zero-order valence-corrected chi connectivity index (χ0v) is 6.32. The first-order valence-corrected chi connectivity index (χ1v) is 2.92. The molecule has 0 bridgehead atoms. The van der Waals surface area contributed by atoms with E-state index in [0.717, 1.165) is 6.20 Å². The van der Waals surface area contributed by atoms with Crippen LogP contribution in [0.1, 0.15) is 6.92 Å². The van der Waals surface area contributed by atoms with Crippen molar-refractivity contribution in [2.24, 2.45) is 10.7 Å². The summed E-state index contributed by atoms with van der Waals surface area (Å²) in [7, 11) is 0. The van der Waals surface area contributed by atoms with Crippen LogP contribution in [-0.2, 0) is 0 Å². The van der Waals surface area contributed by atoms with E-state index in [9.17, 15) is 4.39 Å². The summed E-state index contributed by atoms with van der Waals surface area (Å²) in [6.07, 6.45) is 0.921. The largest absolute Gasteiger partial charge is 0.397 e. The van der Waals surface area contributed by atoms with Gasteiger partial charge < -0.3 is 5.73 Å². The lowest BCUT2D eigenvalue weighted by atomic mass is 10.4. The van der Waals surface area contributed by atoms with Crippen molar-refractivity contribution >= 4 is 16.8 Å². The van der Waals surface area contributed by atoms with E-state index in [-0.39, 0.29) is 10.9 Å². The molecular formula is C6H8ClFN2. The van der Waals surface area contributed by atoms with Crippen molar-refractivity contribution in [3.05, 3.63) is 24.3 Å². The summed E-state index contributed by atoms with van der Waals surface area (Å²) in [6.45, 7) is 4.69. The summed E-state index contributed by atoms with van der Waals surface area (Å²) in [6, 6.07) is 0. The molecule has 0 aromatic carbocycles. The number of nitrogens with zero attached hydrogens (tertiary/aromatic N) is 1. The summed E-state index contributed by atoms with van der Waals surface area (Å²) in [5.41, 5.74) is 4.82. The Bertz CT molecular complexity index is 192. The number of hydrogen-bond donors (Lipinski definition) is 1. The zero-order valence-electron chi connectivity index (χ0n) is 5.56. The Balaban J connectivity index is 4.19. The molecule has 0 saturated heterocycles. The quantitative estimate of drug-likeness (QED) is 0.489. The summed E-state index contributed by atoms with van der Waals surface area (Å²) in [4.78, 5) is 3.45. The maximum Gasteiger partial charge on any atom is 0.163 e. The van der Waals surface area contributed by atoms with Crippen molar-refractivity contribution in [1.82, 2.24) is 0 Å². The highest BCUT2D eigenvalue weighted by Crippen LogP contribution is 2.02. The second-order valence-electron chi connectivity index (χ2n) is 1.63. The molecule has 0 radical (unpaired) electrons. The molecule has 0 atom stereocenters. The Labute approximate surface area is 63.9 Å². The molecule has 0 rings (SSSR count). The maximum atomic E-state index is 12.4. The molecule has 0 aromatic heterocycles. The van der Waals surface area contributed by atoms with E-state index < -0.39 is 5.83 Å². The van der Waals surface area contributed by atoms with Crippen LogP contribution in [-0.4, -0.2) is 5.17 Å². The van der Waals surface area contributed by atoms with Crippen LogP contribution in [0.5, 0.6) is 0 Å². The first kappa shape index (κ1) is 9.17. The Kier molecular flexibility index (Phi) is 3.72. The number of hydrogen-bond acceptors (Lipinski definition) is 2. The van der Waals surface area contributed by atoms with Gasteiger partial charge in [-0.25, -0.2) is 9.38 Å². The highest BCUT2D eigenvalue weighted by molar-refractivity contribution is 6.64. The number of nitrogens with two attached hydrogens (primary N) is 1. The molecular weight excluding hydrogens is 155 g/mol. The molecule has 10 heavy (non-hydrogen) atoms. The number of aliphatic imine (C=N–C) groups is 1. The van der Waals surface area contributed by atoms with E-state index in [4.69, 9.17) is 17.3 Å². The van der Waals surface area contributed by atoms with Crippen LogP contribution < -0.4 is 5.73 Å². The lowest BCUT2D eigenvalue weighted by Gasteiger charge is -1.89. The molecule has 0 amide bonds. The fourth-order valence-electron chi connectivity index (χ4n) is 0.229. The Morgan fingerprint density at radius 1 is 1.80 bits per heavy atom. The lowest BCUT2D eigenvalue weighted by molar-refractivity contribution is 0.646. The molecule has 0 aliphatic rings. The molecule has 0 saturated carbocycles. The van der Waals surface area contributed by atoms with Gasteiger partial charge in [-0.15, -0.1) is 0 Å². The molecule has 4 heteroatoms. The van der Waals surface area contributed by atoms with E-state index in [1.165, 1.54) is 6.92 Å². The van der Waals surface area contributed by atoms with Crippen molar-refractivity contribution in [3.8, 4) is 0 Å². The zero-order chi connectivity index (χ0) is 8.15. The van der Waals surface area contributed by atoms with Crippen LogP contribution in [0.25, 0.3) is 0 Å². The minimum Gasteiger partial charge on any atom is -0.397 e. The normalized spacial score (nSPS) is 13.5. The number of allylic oxidation sites excluding steroid dienone is 1. The molecule has 0 aromatic rings. The molecule has 56 valence electrons. The predicted molar refractivity (Wildman–Crippen MR) is 41.5 cm³/mol. The van der Waals surface area contributed by atoms with Crippen molar-refractivity contribution in [1.29, 1.82) is 0 Å². The van der Waals surface area contributed by atoms with E-state index >= 15 is 0 Å². The number of halogens is 2. The van der Waals surface area contributed by atoms with Gasteiger partial charge in [0.25, 0.3) is 0 Å². The summed E-state index contributed by atoms with van der Waals surface area (Å²) < 4.78 is 12.4. The second kappa shape index (κ2) is 4.06. The Morgan fingerprint density at radius 3 is 2.60 bits per heavy atom. The van der Waals surface area contributed by atoms with Gasteiger partial charge in [-0.1, -0.05) is 18.2 Å². The average molecular weight is 163 g/mol. The first-order valence-electron chi connectivity index (χ1n) is 2.54. The predicted octanol–water partition coefficient (Wildman–Crippen LogP) is 1.93. The first-order chi connectivity index (χ1) is 4.54. The van der Waals surface area contributed by atoms with Crippen LogP contribution in [0, 0.1) is 0 Å².